The van der Waals surface area contributed by atoms with Crippen molar-refractivity contribution in [2.24, 2.45) is 0 Å². The minimum absolute atomic E-state index is 0.170. The number of benzene rings is 1. The Bertz CT molecular complexity index is 457. The van der Waals surface area contributed by atoms with Crippen molar-refractivity contribution in [3.05, 3.63) is 29.8 Å². The maximum absolute atomic E-state index is 11.4. The number of carbonyl (C=O) groups is 2. The van der Waals surface area contributed by atoms with Crippen molar-refractivity contribution >= 4 is 30.4 Å². The van der Waals surface area contributed by atoms with E-state index in [1.807, 2.05) is 0 Å². The molecule has 6 heteroatoms. The second-order valence-corrected chi connectivity index (χ2v) is 5.33. The smallest absolute Gasteiger partial charge is 0.411 e. The third-order valence-electron chi connectivity index (χ3n) is 2.27. The molecule has 0 aliphatic carbocycles. The van der Waals surface area contributed by atoms with E-state index < -0.39 is 11.3 Å². The summed E-state index contributed by atoms with van der Waals surface area (Å²) in [5, 5.41) is 2.16. The summed E-state index contributed by atoms with van der Waals surface area (Å²) in [5.74, 6) is -0.365. The first-order valence-corrected chi connectivity index (χ1v) is 6.81. The Balaban J connectivity index is 2.48. The fraction of sp³-hybridized carbons (Fsp3) is 0.429. The van der Waals surface area contributed by atoms with Crippen LogP contribution in [0.1, 0.15) is 26.3 Å². The van der Waals surface area contributed by atoms with Crippen LogP contribution >= 0.6 is 12.6 Å². The van der Waals surface area contributed by atoms with Gasteiger partial charge in [0.25, 0.3) is 0 Å². The first kappa shape index (κ1) is 16.4. The summed E-state index contributed by atoms with van der Waals surface area (Å²) in [7, 11) is 0. The summed E-state index contributed by atoms with van der Waals surface area (Å²) < 4.78 is 10.00. The average Bonchev–Trinajstić information content (AvgIpc) is 2.36. The van der Waals surface area contributed by atoms with Crippen LogP contribution < -0.4 is 5.32 Å². The Hall–Kier alpha value is -1.69. The van der Waals surface area contributed by atoms with E-state index in [9.17, 15) is 9.59 Å². The molecule has 1 aromatic rings. The van der Waals surface area contributed by atoms with Crippen LogP contribution in [0.4, 0.5) is 10.5 Å². The number of anilines is 1. The Morgan fingerprint density at radius 1 is 1.20 bits per heavy atom. The molecule has 0 heterocycles. The van der Waals surface area contributed by atoms with Crippen molar-refractivity contribution in [3.63, 3.8) is 0 Å². The molecule has 1 atom stereocenters. The minimum atomic E-state index is -0.497. The van der Waals surface area contributed by atoms with Crippen LogP contribution in [0.25, 0.3) is 0 Å². The number of esters is 1. The Kier molecular flexibility index (Phi) is 6.38. The number of ether oxygens (including phenoxy) is 2. The van der Waals surface area contributed by atoms with Gasteiger partial charge in [-0.2, -0.15) is 12.6 Å². The van der Waals surface area contributed by atoms with Gasteiger partial charge in [-0.25, -0.2) is 4.79 Å². The molecule has 1 rings (SSSR count). The van der Waals surface area contributed by atoms with Crippen molar-refractivity contribution in [1.82, 2.24) is 0 Å². The topological polar surface area (TPSA) is 64.6 Å². The van der Waals surface area contributed by atoms with Gasteiger partial charge in [-0.1, -0.05) is 12.1 Å². The predicted molar refractivity (Wildman–Crippen MR) is 79.9 cm³/mol. The summed E-state index contributed by atoms with van der Waals surface area (Å²) in [6.07, 6.45) is -0.667. The van der Waals surface area contributed by atoms with Crippen LogP contribution in [0.2, 0.25) is 0 Å². The molecule has 20 heavy (non-hydrogen) atoms. The molecule has 0 radical (unpaired) electrons. The Morgan fingerprint density at radius 3 is 2.30 bits per heavy atom. The normalized spacial score (nSPS) is 11.8. The number of carbonyl (C=O) groups excluding carboxylic acids is 2. The molecular weight excluding hydrogens is 278 g/mol. The molecule has 1 unspecified atom stereocenters. The predicted octanol–water partition coefficient (Wildman–Crippen LogP) is 3.01. The number of hydrogen-bond donors (Lipinski definition) is 2. The first-order valence-electron chi connectivity index (χ1n) is 6.29. The van der Waals surface area contributed by atoms with Gasteiger partial charge in [-0.05, 0) is 38.5 Å². The van der Waals surface area contributed by atoms with Crippen molar-refractivity contribution in [3.8, 4) is 0 Å². The zero-order chi connectivity index (χ0) is 15.1. The third kappa shape index (κ3) is 5.97. The standard InChI is InChI=1S/C14H19NO4S/c1-9(2)19-14(17)15-12-6-4-11(5-7-12)8-18-13(16)10(3)20/h4-7,9-10,20H,8H2,1-3H3,(H,15,17). The van der Waals surface area contributed by atoms with E-state index in [0.717, 1.165) is 5.56 Å². The summed E-state index contributed by atoms with van der Waals surface area (Å²) in [4.78, 5) is 22.6. The third-order valence-corrected chi connectivity index (χ3v) is 2.48. The van der Waals surface area contributed by atoms with E-state index in [4.69, 9.17) is 9.47 Å². The van der Waals surface area contributed by atoms with Gasteiger partial charge in [0.15, 0.2) is 0 Å². The fourth-order valence-electron chi connectivity index (χ4n) is 1.32. The molecule has 1 aromatic carbocycles. The lowest BCUT2D eigenvalue weighted by molar-refractivity contribution is -0.143. The number of hydrogen-bond acceptors (Lipinski definition) is 5. The van der Waals surface area contributed by atoms with Gasteiger partial charge in [0.1, 0.15) is 6.61 Å². The molecular formula is C14H19NO4S. The minimum Gasteiger partial charge on any atom is -0.460 e. The first-order chi connectivity index (χ1) is 9.38. The van der Waals surface area contributed by atoms with Crippen LogP contribution in [0.15, 0.2) is 24.3 Å². The SMILES string of the molecule is CC(C)OC(=O)Nc1ccc(COC(=O)C(C)S)cc1. The quantitative estimate of drug-likeness (QED) is 0.648. The second kappa shape index (κ2) is 7.79. The summed E-state index contributed by atoms with van der Waals surface area (Å²) in [5.41, 5.74) is 1.45. The number of nitrogens with one attached hydrogen (secondary N) is 1. The largest absolute Gasteiger partial charge is 0.460 e. The maximum Gasteiger partial charge on any atom is 0.411 e. The van der Waals surface area contributed by atoms with Gasteiger partial charge in [-0.15, -0.1) is 0 Å². The van der Waals surface area contributed by atoms with E-state index in [1.54, 1.807) is 45.0 Å². The van der Waals surface area contributed by atoms with Crippen molar-refractivity contribution < 1.29 is 19.1 Å². The van der Waals surface area contributed by atoms with E-state index in [-0.39, 0.29) is 18.7 Å². The van der Waals surface area contributed by atoms with Crippen LogP contribution in [0.5, 0.6) is 0 Å². The summed E-state index contributed by atoms with van der Waals surface area (Å²) >= 11 is 3.98. The molecule has 0 aromatic heterocycles. The highest BCUT2D eigenvalue weighted by atomic mass is 32.1. The van der Waals surface area contributed by atoms with Crippen LogP contribution in [-0.4, -0.2) is 23.4 Å². The van der Waals surface area contributed by atoms with Crippen LogP contribution in [-0.2, 0) is 20.9 Å². The van der Waals surface area contributed by atoms with E-state index in [1.165, 1.54) is 0 Å². The van der Waals surface area contributed by atoms with Gasteiger partial charge < -0.3 is 9.47 Å². The Labute approximate surface area is 124 Å². The summed E-state index contributed by atoms with van der Waals surface area (Å²) in [6.45, 7) is 5.39. The van der Waals surface area contributed by atoms with E-state index >= 15 is 0 Å². The van der Waals surface area contributed by atoms with Gasteiger partial charge in [0.2, 0.25) is 0 Å². The molecule has 0 saturated carbocycles. The highest BCUT2D eigenvalue weighted by Crippen LogP contribution is 2.12. The molecule has 1 N–H and O–H groups in total. The summed E-state index contributed by atoms with van der Waals surface area (Å²) in [6, 6.07) is 6.96. The van der Waals surface area contributed by atoms with Gasteiger partial charge in [0.05, 0.1) is 11.4 Å². The lowest BCUT2D eigenvalue weighted by Gasteiger charge is -2.10. The maximum atomic E-state index is 11.4. The van der Waals surface area contributed by atoms with Crippen LogP contribution in [0, 0.1) is 0 Å². The molecule has 1 amide bonds. The molecule has 0 bridgehead atoms. The van der Waals surface area contributed by atoms with Gasteiger partial charge in [-0.3, -0.25) is 10.1 Å². The fourth-order valence-corrected chi connectivity index (χ4v) is 1.40. The lowest BCUT2D eigenvalue weighted by Crippen LogP contribution is -2.18. The number of rotatable bonds is 5. The zero-order valence-corrected chi connectivity index (χ0v) is 12.6. The highest BCUT2D eigenvalue weighted by molar-refractivity contribution is 7.81. The molecule has 0 aliphatic heterocycles. The molecule has 0 fully saturated rings. The molecule has 110 valence electrons. The molecule has 0 spiro atoms. The number of amides is 1. The van der Waals surface area contributed by atoms with Crippen LogP contribution in [0.3, 0.4) is 0 Å². The average molecular weight is 297 g/mol. The monoisotopic (exact) mass is 297 g/mol. The van der Waals surface area contributed by atoms with Gasteiger partial charge in [0, 0.05) is 5.69 Å². The van der Waals surface area contributed by atoms with Crippen molar-refractivity contribution in [2.75, 3.05) is 5.32 Å². The molecule has 0 aliphatic rings. The molecule has 5 nitrogen and oxygen atoms in total. The van der Waals surface area contributed by atoms with Crippen molar-refractivity contribution in [1.29, 1.82) is 0 Å². The zero-order valence-electron chi connectivity index (χ0n) is 11.8. The van der Waals surface area contributed by atoms with Gasteiger partial charge >= 0.3 is 12.1 Å². The highest BCUT2D eigenvalue weighted by Gasteiger charge is 2.09. The van der Waals surface area contributed by atoms with E-state index in [2.05, 4.69) is 17.9 Å². The Morgan fingerprint density at radius 2 is 1.80 bits per heavy atom. The lowest BCUT2D eigenvalue weighted by atomic mass is 10.2. The second-order valence-electron chi connectivity index (χ2n) is 4.56. The van der Waals surface area contributed by atoms with Crippen molar-refractivity contribution in [2.45, 2.75) is 38.7 Å². The number of thiol groups is 1. The molecule has 0 saturated heterocycles. The van der Waals surface area contributed by atoms with E-state index in [0.29, 0.717) is 5.69 Å².